The van der Waals surface area contributed by atoms with E-state index in [1.807, 2.05) is 0 Å². The maximum absolute atomic E-state index is 11.1. The number of aromatic carboxylic acids is 1. The van der Waals surface area contributed by atoms with Crippen molar-refractivity contribution in [2.75, 3.05) is 0 Å². The van der Waals surface area contributed by atoms with E-state index >= 15 is 0 Å². The third-order valence-corrected chi connectivity index (χ3v) is 3.20. The number of carboxylic acids is 1. The first-order chi connectivity index (χ1) is 8.18. The standard InChI is InChI=1S/C11H7ClN2O2S/c12-7-3-1-4-8(9(7)10(15)16)17-11-13-5-2-6-14-11/h1-6H,(H,15,16). The van der Waals surface area contributed by atoms with Gasteiger partial charge in [0, 0.05) is 17.3 Å². The van der Waals surface area contributed by atoms with Gasteiger partial charge in [-0.1, -0.05) is 17.7 Å². The molecule has 4 nitrogen and oxygen atoms in total. The highest BCUT2D eigenvalue weighted by Crippen LogP contribution is 2.31. The van der Waals surface area contributed by atoms with Crippen molar-refractivity contribution < 1.29 is 9.90 Å². The Morgan fingerprint density at radius 1 is 1.24 bits per heavy atom. The van der Waals surface area contributed by atoms with E-state index in [0.717, 1.165) is 0 Å². The number of rotatable bonds is 3. The molecule has 1 aromatic heterocycles. The SMILES string of the molecule is O=C(O)c1c(Cl)cccc1Sc1ncccn1. The highest BCUT2D eigenvalue weighted by atomic mass is 35.5. The Kier molecular flexibility index (Phi) is 3.61. The van der Waals surface area contributed by atoms with Crippen LogP contribution in [0.2, 0.25) is 5.02 Å². The van der Waals surface area contributed by atoms with Gasteiger partial charge in [-0.05, 0) is 30.0 Å². The molecule has 0 fully saturated rings. The van der Waals surface area contributed by atoms with Crippen molar-refractivity contribution in [3.05, 3.63) is 47.2 Å². The van der Waals surface area contributed by atoms with Crippen molar-refractivity contribution in [1.82, 2.24) is 9.97 Å². The summed E-state index contributed by atoms with van der Waals surface area (Å²) in [7, 11) is 0. The summed E-state index contributed by atoms with van der Waals surface area (Å²) in [6.07, 6.45) is 3.20. The fraction of sp³-hybridized carbons (Fsp3) is 0. The van der Waals surface area contributed by atoms with Crippen molar-refractivity contribution >= 4 is 29.3 Å². The van der Waals surface area contributed by atoms with Gasteiger partial charge in [0.15, 0.2) is 5.16 Å². The van der Waals surface area contributed by atoms with Gasteiger partial charge in [-0.15, -0.1) is 0 Å². The Morgan fingerprint density at radius 3 is 2.59 bits per heavy atom. The van der Waals surface area contributed by atoms with Crippen molar-refractivity contribution in [3.63, 3.8) is 0 Å². The number of benzene rings is 1. The van der Waals surface area contributed by atoms with Gasteiger partial charge in [0.1, 0.15) is 0 Å². The lowest BCUT2D eigenvalue weighted by molar-refractivity contribution is 0.0693. The van der Waals surface area contributed by atoms with Gasteiger partial charge in [0.05, 0.1) is 10.6 Å². The van der Waals surface area contributed by atoms with Crippen LogP contribution >= 0.6 is 23.4 Å². The van der Waals surface area contributed by atoms with Crippen molar-refractivity contribution in [2.24, 2.45) is 0 Å². The van der Waals surface area contributed by atoms with Crippen molar-refractivity contribution in [2.45, 2.75) is 10.1 Å². The molecule has 0 aliphatic heterocycles. The molecule has 0 saturated carbocycles. The molecule has 1 N–H and O–H groups in total. The summed E-state index contributed by atoms with van der Waals surface area (Å²) in [6.45, 7) is 0. The van der Waals surface area contributed by atoms with E-state index in [1.54, 1.807) is 36.7 Å². The number of carbonyl (C=O) groups is 1. The van der Waals surface area contributed by atoms with Crippen LogP contribution < -0.4 is 0 Å². The van der Waals surface area contributed by atoms with Crippen LogP contribution in [0.25, 0.3) is 0 Å². The maximum Gasteiger partial charge on any atom is 0.338 e. The predicted octanol–water partition coefficient (Wildman–Crippen LogP) is 2.98. The van der Waals surface area contributed by atoms with E-state index in [-0.39, 0.29) is 10.6 Å². The highest BCUT2D eigenvalue weighted by Gasteiger charge is 2.15. The monoisotopic (exact) mass is 266 g/mol. The predicted molar refractivity (Wildman–Crippen MR) is 64.6 cm³/mol. The van der Waals surface area contributed by atoms with Crippen molar-refractivity contribution in [1.29, 1.82) is 0 Å². The Labute approximate surface area is 107 Å². The van der Waals surface area contributed by atoms with Gasteiger partial charge in [-0.25, -0.2) is 14.8 Å². The zero-order valence-electron chi connectivity index (χ0n) is 8.50. The van der Waals surface area contributed by atoms with Crippen LogP contribution in [0.4, 0.5) is 0 Å². The topological polar surface area (TPSA) is 63.1 Å². The molecule has 0 atom stereocenters. The molecule has 0 unspecified atom stereocenters. The molecular weight excluding hydrogens is 260 g/mol. The second-order valence-corrected chi connectivity index (χ2v) is 4.47. The number of nitrogens with zero attached hydrogens (tertiary/aromatic N) is 2. The summed E-state index contributed by atoms with van der Waals surface area (Å²) in [6, 6.07) is 6.61. The zero-order valence-corrected chi connectivity index (χ0v) is 10.1. The first kappa shape index (κ1) is 11.9. The minimum atomic E-state index is -1.06. The Hall–Kier alpha value is -1.59. The average Bonchev–Trinajstić information content (AvgIpc) is 2.30. The number of hydrogen-bond acceptors (Lipinski definition) is 4. The average molecular weight is 267 g/mol. The Balaban J connectivity index is 2.40. The Morgan fingerprint density at radius 2 is 1.94 bits per heavy atom. The van der Waals surface area contributed by atoms with E-state index in [1.165, 1.54) is 11.8 Å². The summed E-state index contributed by atoms with van der Waals surface area (Å²) in [5.74, 6) is -1.06. The largest absolute Gasteiger partial charge is 0.478 e. The molecule has 0 radical (unpaired) electrons. The molecule has 2 rings (SSSR count). The van der Waals surface area contributed by atoms with E-state index in [2.05, 4.69) is 9.97 Å². The van der Waals surface area contributed by atoms with Crippen LogP contribution in [-0.2, 0) is 0 Å². The molecule has 17 heavy (non-hydrogen) atoms. The molecule has 0 bridgehead atoms. The number of carboxylic acid groups (broad SMARTS) is 1. The summed E-state index contributed by atoms with van der Waals surface area (Å²) in [5, 5.41) is 9.78. The first-order valence-electron chi connectivity index (χ1n) is 4.65. The van der Waals surface area contributed by atoms with Gasteiger partial charge in [0.25, 0.3) is 0 Å². The minimum absolute atomic E-state index is 0.0756. The highest BCUT2D eigenvalue weighted by molar-refractivity contribution is 7.99. The molecule has 0 spiro atoms. The van der Waals surface area contributed by atoms with Crippen LogP contribution in [-0.4, -0.2) is 21.0 Å². The van der Waals surface area contributed by atoms with E-state index in [4.69, 9.17) is 16.7 Å². The van der Waals surface area contributed by atoms with Gasteiger partial charge >= 0.3 is 5.97 Å². The summed E-state index contributed by atoms with van der Waals surface area (Å²) >= 11 is 7.02. The van der Waals surface area contributed by atoms with Crippen LogP contribution in [0.15, 0.2) is 46.7 Å². The summed E-state index contributed by atoms with van der Waals surface area (Å²) < 4.78 is 0. The van der Waals surface area contributed by atoms with E-state index < -0.39 is 5.97 Å². The lowest BCUT2D eigenvalue weighted by Crippen LogP contribution is -2.00. The number of halogens is 1. The molecule has 6 heteroatoms. The first-order valence-corrected chi connectivity index (χ1v) is 5.84. The molecule has 0 saturated heterocycles. The lowest BCUT2D eigenvalue weighted by Gasteiger charge is -2.05. The fourth-order valence-electron chi connectivity index (χ4n) is 1.23. The number of aromatic nitrogens is 2. The zero-order chi connectivity index (χ0) is 12.3. The lowest BCUT2D eigenvalue weighted by atomic mass is 10.2. The van der Waals surface area contributed by atoms with Gasteiger partial charge in [0.2, 0.25) is 0 Å². The molecule has 1 aromatic carbocycles. The summed E-state index contributed by atoms with van der Waals surface area (Å²) in [4.78, 5) is 19.7. The van der Waals surface area contributed by atoms with Crippen LogP contribution in [0.5, 0.6) is 0 Å². The normalized spacial score (nSPS) is 10.2. The minimum Gasteiger partial charge on any atom is -0.478 e. The van der Waals surface area contributed by atoms with Gasteiger partial charge in [-0.3, -0.25) is 0 Å². The van der Waals surface area contributed by atoms with Crippen molar-refractivity contribution in [3.8, 4) is 0 Å². The molecule has 86 valence electrons. The smallest absolute Gasteiger partial charge is 0.338 e. The van der Waals surface area contributed by atoms with Crippen LogP contribution in [0.1, 0.15) is 10.4 Å². The second-order valence-electron chi connectivity index (χ2n) is 3.05. The summed E-state index contributed by atoms with van der Waals surface area (Å²) in [5.41, 5.74) is 0.0756. The molecule has 1 heterocycles. The van der Waals surface area contributed by atoms with Gasteiger partial charge < -0.3 is 5.11 Å². The molecule has 2 aromatic rings. The van der Waals surface area contributed by atoms with Gasteiger partial charge in [-0.2, -0.15) is 0 Å². The third kappa shape index (κ3) is 2.75. The van der Waals surface area contributed by atoms with Crippen LogP contribution in [0.3, 0.4) is 0 Å². The Bertz CT molecular complexity index is 548. The molecule has 0 aliphatic rings. The third-order valence-electron chi connectivity index (χ3n) is 1.93. The maximum atomic E-state index is 11.1. The van der Waals surface area contributed by atoms with E-state index in [0.29, 0.717) is 10.1 Å². The van der Waals surface area contributed by atoms with E-state index in [9.17, 15) is 4.79 Å². The fourth-order valence-corrected chi connectivity index (χ4v) is 2.41. The quantitative estimate of drug-likeness (QED) is 0.866. The second kappa shape index (κ2) is 5.16. The molecular formula is C11H7ClN2O2S. The van der Waals surface area contributed by atoms with Crippen LogP contribution in [0, 0.1) is 0 Å². The number of hydrogen-bond donors (Lipinski definition) is 1. The molecule has 0 aliphatic carbocycles. The molecule has 0 amide bonds.